The minimum atomic E-state index is -0.0357. The van der Waals surface area contributed by atoms with Gasteiger partial charge >= 0.3 is 0 Å². The lowest BCUT2D eigenvalue weighted by molar-refractivity contribution is 0.260. The summed E-state index contributed by atoms with van der Waals surface area (Å²) in [6.45, 7) is -0.0664. The number of aliphatic hydroxyl groups excluding tert-OH is 2. The molecule has 0 saturated carbocycles. The first-order valence-corrected chi connectivity index (χ1v) is 4.73. The molecule has 0 spiro atoms. The Morgan fingerprint density at radius 3 is 2.31 bits per heavy atom. The van der Waals surface area contributed by atoms with Gasteiger partial charge in [0.15, 0.2) is 0 Å². The van der Waals surface area contributed by atoms with Crippen molar-refractivity contribution in [2.45, 2.75) is 19.6 Å². The van der Waals surface area contributed by atoms with Gasteiger partial charge < -0.3 is 10.2 Å². The van der Waals surface area contributed by atoms with E-state index < -0.39 is 0 Å². The number of aryl methyl sites for hydroxylation is 1. The lowest BCUT2D eigenvalue weighted by Crippen LogP contribution is -1.96. The highest BCUT2D eigenvalue weighted by Crippen LogP contribution is 2.13. The van der Waals surface area contributed by atoms with Gasteiger partial charge in [-0.15, -0.1) is 11.6 Å². The highest BCUT2D eigenvalue weighted by Gasteiger charge is 2.01. The monoisotopic (exact) mass is 200 g/mol. The van der Waals surface area contributed by atoms with Crippen molar-refractivity contribution >= 4 is 11.6 Å². The molecular formula is C10H13ClO2. The van der Waals surface area contributed by atoms with Crippen molar-refractivity contribution in [2.75, 3.05) is 5.88 Å². The molecule has 0 aliphatic carbocycles. The van der Waals surface area contributed by atoms with Gasteiger partial charge in [-0.3, -0.25) is 0 Å². The topological polar surface area (TPSA) is 40.5 Å². The van der Waals surface area contributed by atoms with Crippen LogP contribution < -0.4 is 0 Å². The summed E-state index contributed by atoms with van der Waals surface area (Å²) in [5.41, 5.74) is 2.65. The molecule has 3 heteroatoms. The van der Waals surface area contributed by atoms with Gasteiger partial charge in [0.2, 0.25) is 0 Å². The molecule has 0 aromatic heterocycles. The third-order valence-corrected chi connectivity index (χ3v) is 2.18. The van der Waals surface area contributed by atoms with E-state index in [0.29, 0.717) is 5.88 Å². The van der Waals surface area contributed by atoms with Crippen molar-refractivity contribution in [3.63, 3.8) is 0 Å². The second-order valence-electron chi connectivity index (χ2n) is 2.86. The molecule has 0 aliphatic heterocycles. The Bertz CT molecular complexity index is 274. The standard InChI is InChI=1S/C10H13ClO2/c11-4-3-8-1-2-9(6-12)10(5-8)7-13/h1-2,5,12-13H,3-4,6-7H2. The number of alkyl halides is 1. The van der Waals surface area contributed by atoms with Crippen LogP contribution in [0.2, 0.25) is 0 Å². The van der Waals surface area contributed by atoms with Gasteiger partial charge in [-0.2, -0.15) is 0 Å². The number of halogens is 1. The zero-order valence-corrected chi connectivity index (χ0v) is 8.09. The molecule has 72 valence electrons. The summed E-state index contributed by atoms with van der Waals surface area (Å²) in [6.07, 6.45) is 0.792. The number of hydrogen-bond donors (Lipinski definition) is 2. The molecular weight excluding hydrogens is 188 g/mol. The molecule has 0 radical (unpaired) electrons. The quantitative estimate of drug-likeness (QED) is 0.723. The molecule has 0 atom stereocenters. The van der Waals surface area contributed by atoms with Gasteiger partial charge in [0, 0.05) is 5.88 Å². The van der Waals surface area contributed by atoms with Gasteiger partial charge in [0.1, 0.15) is 0 Å². The third kappa shape index (κ3) is 2.69. The predicted octanol–water partition coefficient (Wildman–Crippen LogP) is 1.45. The fourth-order valence-corrected chi connectivity index (χ4v) is 1.46. The summed E-state index contributed by atoms with van der Waals surface area (Å²) < 4.78 is 0. The summed E-state index contributed by atoms with van der Waals surface area (Å²) in [7, 11) is 0. The van der Waals surface area contributed by atoms with E-state index in [1.807, 2.05) is 18.2 Å². The van der Waals surface area contributed by atoms with E-state index in [4.69, 9.17) is 21.8 Å². The van der Waals surface area contributed by atoms with Gasteiger partial charge in [0.05, 0.1) is 13.2 Å². The lowest BCUT2D eigenvalue weighted by Gasteiger charge is -2.06. The van der Waals surface area contributed by atoms with Crippen LogP contribution in [-0.4, -0.2) is 16.1 Å². The van der Waals surface area contributed by atoms with Crippen LogP contribution in [0.4, 0.5) is 0 Å². The van der Waals surface area contributed by atoms with Crippen LogP contribution in [0.25, 0.3) is 0 Å². The van der Waals surface area contributed by atoms with E-state index in [2.05, 4.69) is 0 Å². The SMILES string of the molecule is OCc1ccc(CCCl)cc1CO. The Hall–Kier alpha value is -0.570. The molecule has 0 fully saturated rings. The Labute approximate surface area is 82.8 Å². The van der Waals surface area contributed by atoms with Crippen molar-refractivity contribution in [3.8, 4) is 0 Å². The number of hydrogen-bond acceptors (Lipinski definition) is 2. The molecule has 2 N–H and O–H groups in total. The molecule has 0 unspecified atom stereocenters. The third-order valence-electron chi connectivity index (χ3n) is 1.99. The van der Waals surface area contributed by atoms with E-state index in [9.17, 15) is 0 Å². The van der Waals surface area contributed by atoms with E-state index in [0.717, 1.165) is 23.1 Å². The Morgan fingerprint density at radius 1 is 1.08 bits per heavy atom. The first-order chi connectivity index (χ1) is 6.31. The van der Waals surface area contributed by atoms with Crippen LogP contribution in [-0.2, 0) is 19.6 Å². The maximum absolute atomic E-state index is 9.00. The van der Waals surface area contributed by atoms with Crippen LogP contribution in [0.1, 0.15) is 16.7 Å². The molecule has 13 heavy (non-hydrogen) atoms. The Morgan fingerprint density at radius 2 is 1.77 bits per heavy atom. The largest absolute Gasteiger partial charge is 0.392 e. The molecule has 1 aromatic rings. The van der Waals surface area contributed by atoms with Crippen molar-refractivity contribution in [1.29, 1.82) is 0 Å². The first-order valence-electron chi connectivity index (χ1n) is 4.20. The molecule has 0 aliphatic rings. The zero-order chi connectivity index (χ0) is 9.68. The van der Waals surface area contributed by atoms with Crippen LogP contribution in [0.15, 0.2) is 18.2 Å². The molecule has 0 saturated heterocycles. The molecule has 1 aromatic carbocycles. The minimum Gasteiger partial charge on any atom is -0.392 e. The van der Waals surface area contributed by atoms with Crippen LogP contribution in [0.5, 0.6) is 0 Å². The Balaban J connectivity index is 2.91. The first kappa shape index (κ1) is 10.5. The van der Waals surface area contributed by atoms with Crippen LogP contribution >= 0.6 is 11.6 Å². The smallest absolute Gasteiger partial charge is 0.0685 e. The van der Waals surface area contributed by atoms with Gasteiger partial charge in [-0.25, -0.2) is 0 Å². The fourth-order valence-electron chi connectivity index (χ4n) is 1.25. The summed E-state index contributed by atoms with van der Waals surface area (Å²) in [5.74, 6) is 0.573. The van der Waals surface area contributed by atoms with Crippen LogP contribution in [0.3, 0.4) is 0 Å². The van der Waals surface area contributed by atoms with Crippen LogP contribution in [0, 0.1) is 0 Å². The molecule has 1 rings (SSSR count). The van der Waals surface area contributed by atoms with Crippen molar-refractivity contribution in [1.82, 2.24) is 0 Å². The van der Waals surface area contributed by atoms with E-state index in [-0.39, 0.29) is 13.2 Å². The highest BCUT2D eigenvalue weighted by molar-refractivity contribution is 6.17. The predicted molar refractivity (Wildman–Crippen MR) is 52.7 cm³/mol. The van der Waals surface area contributed by atoms with Crippen molar-refractivity contribution < 1.29 is 10.2 Å². The second kappa shape index (κ2) is 5.22. The summed E-state index contributed by atoms with van der Waals surface area (Å²) in [5, 5.41) is 17.9. The van der Waals surface area contributed by atoms with Gasteiger partial charge in [0.25, 0.3) is 0 Å². The summed E-state index contributed by atoms with van der Waals surface area (Å²) in [4.78, 5) is 0. The van der Waals surface area contributed by atoms with E-state index in [1.165, 1.54) is 0 Å². The maximum Gasteiger partial charge on any atom is 0.0685 e. The fraction of sp³-hybridized carbons (Fsp3) is 0.400. The van der Waals surface area contributed by atoms with Crippen molar-refractivity contribution in [3.05, 3.63) is 34.9 Å². The summed E-state index contributed by atoms with van der Waals surface area (Å²) >= 11 is 5.59. The zero-order valence-electron chi connectivity index (χ0n) is 7.33. The lowest BCUT2D eigenvalue weighted by atomic mass is 10.0. The maximum atomic E-state index is 9.00. The van der Waals surface area contributed by atoms with E-state index in [1.54, 1.807) is 0 Å². The number of rotatable bonds is 4. The number of benzene rings is 1. The molecule has 0 bridgehead atoms. The van der Waals surface area contributed by atoms with Gasteiger partial charge in [-0.05, 0) is 23.1 Å². The molecule has 0 heterocycles. The summed E-state index contributed by atoms with van der Waals surface area (Å²) in [6, 6.07) is 5.63. The Kier molecular flexibility index (Phi) is 4.22. The average Bonchev–Trinajstić information content (AvgIpc) is 2.18. The number of aliphatic hydroxyl groups is 2. The normalized spacial score (nSPS) is 10.4. The highest BCUT2D eigenvalue weighted by atomic mass is 35.5. The van der Waals surface area contributed by atoms with E-state index >= 15 is 0 Å². The average molecular weight is 201 g/mol. The second-order valence-corrected chi connectivity index (χ2v) is 3.24. The molecule has 2 nitrogen and oxygen atoms in total. The minimum absolute atomic E-state index is 0.0307. The van der Waals surface area contributed by atoms with Gasteiger partial charge in [-0.1, -0.05) is 18.2 Å². The molecule has 0 amide bonds. The van der Waals surface area contributed by atoms with Crippen molar-refractivity contribution in [2.24, 2.45) is 0 Å².